The highest BCUT2D eigenvalue weighted by molar-refractivity contribution is 5.61. The van der Waals surface area contributed by atoms with Crippen molar-refractivity contribution in [2.75, 3.05) is 18.9 Å². The van der Waals surface area contributed by atoms with Gasteiger partial charge >= 0.3 is 0 Å². The van der Waals surface area contributed by atoms with Crippen LogP contribution in [-0.2, 0) is 11.2 Å². The SMILES string of the molecule is Nc1cc(-c2nc(CCOCC(F)F)no2)c(F)cc1F. The van der Waals surface area contributed by atoms with Gasteiger partial charge in [0.2, 0.25) is 0 Å². The van der Waals surface area contributed by atoms with Crippen molar-refractivity contribution in [3.63, 3.8) is 0 Å². The number of benzene rings is 1. The second kappa shape index (κ2) is 6.53. The minimum Gasteiger partial charge on any atom is -0.396 e. The third kappa shape index (κ3) is 3.91. The molecule has 0 unspecified atom stereocenters. The molecule has 5 nitrogen and oxygen atoms in total. The second-order valence-electron chi connectivity index (χ2n) is 4.09. The van der Waals surface area contributed by atoms with E-state index in [0.717, 1.165) is 6.07 Å². The Morgan fingerprint density at radius 3 is 2.71 bits per heavy atom. The van der Waals surface area contributed by atoms with Gasteiger partial charge in [-0.2, -0.15) is 4.98 Å². The van der Waals surface area contributed by atoms with E-state index >= 15 is 0 Å². The van der Waals surface area contributed by atoms with Crippen molar-refractivity contribution < 1.29 is 26.8 Å². The number of aromatic nitrogens is 2. The summed E-state index contributed by atoms with van der Waals surface area (Å²) in [6.45, 7) is -0.717. The van der Waals surface area contributed by atoms with Crippen molar-refractivity contribution >= 4 is 5.69 Å². The first-order valence-electron chi connectivity index (χ1n) is 5.90. The Balaban J connectivity index is 2.04. The molecule has 2 rings (SSSR count). The number of nitrogens with zero attached hydrogens (tertiary/aromatic N) is 2. The van der Waals surface area contributed by atoms with Crippen LogP contribution in [0.1, 0.15) is 5.82 Å². The summed E-state index contributed by atoms with van der Waals surface area (Å²) in [5, 5.41) is 3.55. The topological polar surface area (TPSA) is 74.2 Å². The molecule has 0 spiro atoms. The molecule has 9 heteroatoms. The number of nitrogens with two attached hydrogens (primary N) is 1. The second-order valence-corrected chi connectivity index (χ2v) is 4.09. The van der Waals surface area contributed by atoms with E-state index in [0.29, 0.717) is 6.07 Å². The van der Waals surface area contributed by atoms with Gasteiger partial charge in [-0.1, -0.05) is 5.16 Å². The fraction of sp³-hybridized carbons (Fsp3) is 0.333. The Hall–Kier alpha value is -2.16. The predicted molar refractivity (Wildman–Crippen MR) is 64.6 cm³/mol. The van der Waals surface area contributed by atoms with E-state index in [9.17, 15) is 17.6 Å². The third-order valence-electron chi connectivity index (χ3n) is 2.50. The molecule has 0 aliphatic heterocycles. The molecule has 1 heterocycles. The van der Waals surface area contributed by atoms with Gasteiger partial charge in [0.05, 0.1) is 17.9 Å². The number of alkyl halides is 2. The average molecular weight is 305 g/mol. The molecule has 1 aromatic carbocycles. The maximum atomic E-state index is 13.6. The number of hydrogen-bond donors (Lipinski definition) is 1. The summed E-state index contributed by atoms with van der Waals surface area (Å²) >= 11 is 0. The number of rotatable bonds is 6. The number of ether oxygens (including phenoxy) is 1. The fourth-order valence-corrected chi connectivity index (χ4v) is 1.53. The highest BCUT2D eigenvalue weighted by Crippen LogP contribution is 2.25. The van der Waals surface area contributed by atoms with Crippen molar-refractivity contribution in [3.8, 4) is 11.5 Å². The average Bonchev–Trinajstić information content (AvgIpc) is 2.87. The van der Waals surface area contributed by atoms with Crippen LogP contribution in [0.15, 0.2) is 16.7 Å². The van der Waals surface area contributed by atoms with E-state index in [1.54, 1.807) is 0 Å². The molecule has 114 valence electrons. The molecule has 2 N–H and O–H groups in total. The van der Waals surface area contributed by atoms with Crippen LogP contribution in [-0.4, -0.2) is 29.8 Å². The summed E-state index contributed by atoms with van der Waals surface area (Å²) < 4.78 is 59.8. The Kier molecular flexibility index (Phi) is 4.73. The smallest absolute Gasteiger partial charge is 0.261 e. The first-order valence-corrected chi connectivity index (χ1v) is 5.90. The van der Waals surface area contributed by atoms with Crippen molar-refractivity contribution in [2.24, 2.45) is 0 Å². The summed E-state index contributed by atoms with van der Waals surface area (Å²) in [6.07, 6.45) is -2.43. The summed E-state index contributed by atoms with van der Waals surface area (Å²) in [7, 11) is 0. The number of halogens is 4. The summed E-state index contributed by atoms with van der Waals surface area (Å²) in [4.78, 5) is 3.87. The maximum Gasteiger partial charge on any atom is 0.261 e. The first-order chi connectivity index (χ1) is 9.97. The molecule has 21 heavy (non-hydrogen) atoms. The van der Waals surface area contributed by atoms with Crippen LogP contribution < -0.4 is 5.73 Å². The lowest BCUT2D eigenvalue weighted by Crippen LogP contribution is -2.07. The molecular formula is C12H11F4N3O2. The molecular weight excluding hydrogens is 294 g/mol. The lowest BCUT2D eigenvalue weighted by atomic mass is 10.2. The maximum absolute atomic E-state index is 13.6. The first kappa shape index (κ1) is 15.2. The van der Waals surface area contributed by atoms with Crippen molar-refractivity contribution in [3.05, 3.63) is 29.6 Å². The van der Waals surface area contributed by atoms with Crippen LogP contribution in [0.25, 0.3) is 11.5 Å². The molecule has 0 saturated carbocycles. The van der Waals surface area contributed by atoms with E-state index in [2.05, 4.69) is 14.9 Å². The Bertz CT molecular complexity index is 619. The molecule has 0 radical (unpaired) electrons. The molecule has 0 aliphatic rings. The zero-order valence-corrected chi connectivity index (χ0v) is 10.7. The molecule has 2 aromatic rings. The Morgan fingerprint density at radius 2 is 2.00 bits per heavy atom. The van der Waals surface area contributed by atoms with Gasteiger partial charge in [0.1, 0.15) is 18.2 Å². The van der Waals surface area contributed by atoms with Crippen molar-refractivity contribution in [2.45, 2.75) is 12.8 Å². The van der Waals surface area contributed by atoms with Gasteiger partial charge in [-0.05, 0) is 6.07 Å². The van der Waals surface area contributed by atoms with Crippen LogP contribution in [0.4, 0.5) is 23.2 Å². The van der Waals surface area contributed by atoms with E-state index in [1.165, 1.54) is 0 Å². The molecule has 0 atom stereocenters. The number of nitrogen functional groups attached to an aromatic ring is 1. The summed E-state index contributed by atoms with van der Waals surface area (Å²) in [6, 6.07) is 1.65. The zero-order valence-electron chi connectivity index (χ0n) is 10.7. The zero-order chi connectivity index (χ0) is 15.4. The lowest BCUT2D eigenvalue weighted by Gasteiger charge is -2.01. The van der Waals surface area contributed by atoms with Crippen LogP contribution in [0.2, 0.25) is 0 Å². The van der Waals surface area contributed by atoms with Gasteiger partial charge in [-0.25, -0.2) is 17.6 Å². The van der Waals surface area contributed by atoms with E-state index in [-0.39, 0.29) is 36.0 Å². The van der Waals surface area contributed by atoms with Gasteiger partial charge in [0.25, 0.3) is 12.3 Å². The van der Waals surface area contributed by atoms with Gasteiger partial charge < -0.3 is 15.0 Å². The van der Waals surface area contributed by atoms with Gasteiger partial charge in [0, 0.05) is 12.5 Å². The summed E-state index contributed by atoms with van der Waals surface area (Å²) in [5.74, 6) is -1.81. The molecule has 0 bridgehead atoms. The van der Waals surface area contributed by atoms with E-state index in [1.807, 2.05) is 0 Å². The largest absolute Gasteiger partial charge is 0.396 e. The van der Waals surface area contributed by atoms with Gasteiger partial charge in [-0.3, -0.25) is 0 Å². The minimum atomic E-state index is -2.55. The molecule has 0 amide bonds. The molecule has 0 aliphatic carbocycles. The number of hydrogen-bond acceptors (Lipinski definition) is 5. The highest BCUT2D eigenvalue weighted by atomic mass is 19.3. The van der Waals surface area contributed by atoms with Gasteiger partial charge in [0.15, 0.2) is 5.82 Å². The van der Waals surface area contributed by atoms with E-state index in [4.69, 9.17) is 10.3 Å². The monoisotopic (exact) mass is 305 g/mol. The summed E-state index contributed by atoms with van der Waals surface area (Å²) in [5.41, 5.74) is 4.94. The van der Waals surface area contributed by atoms with E-state index < -0.39 is 24.7 Å². The highest BCUT2D eigenvalue weighted by Gasteiger charge is 2.16. The van der Waals surface area contributed by atoms with Crippen LogP contribution >= 0.6 is 0 Å². The fourth-order valence-electron chi connectivity index (χ4n) is 1.53. The Labute approximate surface area is 116 Å². The van der Waals surface area contributed by atoms with Crippen LogP contribution in [0.3, 0.4) is 0 Å². The van der Waals surface area contributed by atoms with Gasteiger partial charge in [-0.15, -0.1) is 0 Å². The molecule has 0 saturated heterocycles. The standard InChI is InChI=1S/C12H11F4N3O2/c13-7-4-8(14)9(17)3-6(7)12-18-11(19-21-12)1-2-20-5-10(15)16/h3-4,10H,1-2,5,17H2. The van der Waals surface area contributed by atoms with Crippen LogP contribution in [0.5, 0.6) is 0 Å². The molecule has 0 fully saturated rings. The number of anilines is 1. The lowest BCUT2D eigenvalue weighted by molar-refractivity contribution is 0.0182. The van der Waals surface area contributed by atoms with Crippen molar-refractivity contribution in [1.82, 2.24) is 10.1 Å². The molecule has 1 aromatic heterocycles. The van der Waals surface area contributed by atoms with Crippen LogP contribution in [0, 0.1) is 11.6 Å². The van der Waals surface area contributed by atoms with Crippen molar-refractivity contribution in [1.29, 1.82) is 0 Å². The minimum absolute atomic E-state index is 0.0304. The quantitative estimate of drug-likeness (QED) is 0.504. The predicted octanol–water partition coefficient (Wildman–Crippen LogP) is 2.42. The normalized spacial score (nSPS) is 11.3. The Morgan fingerprint density at radius 1 is 1.24 bits per heavy atom. The third-order valence-corrected chi connectivity index (χ3v) is 2.50.